The van der Waals surface area contributed by atoms with Crippen LogP contribution < -0.4 is 10.1 Å². The van der Waals surface area contributed by atoms with Gasteiger partial charge in [0.05, 0.1) is 12.6 Å². The summed E-state index contributed by atoms with van der Waals surface area (Å²) in [6.07, 6.45) is 1.89. The van der Waals surface area contributed by atoms with Gasteiger partial charge in [0.25, 0.3) is 11.8 Å². The van der Waals surface area contributed by atoms with Crippen LogP contribution in [0.5, 0.6) is 5.75 Å². The average molecular weight is 371 g/mol. The first-order valence-corrected chi connectivity index (χ1v) is 8.99. The molecule has 144 valence electrons. The van der Waals surface area contributed by atoms with Crippen molar-refractivity contribution < 1.29 is 19.1 Å². The molecule has 0 aliphatic carbocycles. The molecule has 1 atom stereocenters. The van der Waals surface area contributed by atoms with Gasteiger partial charge in [-0.2, -0.15) is 0 Å². The van der Waals surface area contributed by atoms with E-state index >= 15 is 0 Å². The van der Waals surface area contributed by atoms with E-state index in [0.29, 0.717) is 37.7 Å². The summed E-state index contributed by atoms with van der Waals surface area (Å²) in [5.41, 5.74) is 1.80. The average Bonchev–Trinajstić information content (AvgIpc) is 3.14. The maximum Gasteiger partial charge on any atom is 0.270 e. The first-order chi connectivity index (χ1) is 13.1. The Balaban J connectivity index is 1.55. The number of hydrogen-bond acceptors (Lipinski definition) is 4. The summed E-state index contributed by atoms with van der Waals surface area (Å²) < 4.78 is 12.5. The van der Waals surface area contributed by atoms with E-state index < -0.39 is 0 Å². The molecule has 27 heavy (non-hydrogen) atoms. The second-order valence-corrected chi connectivity index (χ2v) is 6.60. The number of benzene rings is 1. The van der Waals surface area contributed by atoms with Crippen LogP contribution in [0.1, 0.15) is 16.1 Å². The van der Waals surface area contributed by atoms with Crippen molar-refractivity contribution in [1.29, 1.82) is 0 Å². The minimum absolute atomic E-state index is 0.0431. The molecule has 7 nitrogen and oxygen atoms in total. The Kier molecular flexibility index (Phi) is 6.13. The molecule has 1 aliphatic rings. The van der Waals surface area contributed by atoms with Gasteiger partial charge in [0.15, 0.2) is 6.61 Å². The molecule has 0 saturated heterocycles. The number of carbonyl (C=O) groups excluding carboxylic acids is 2. The Morgan fingerprint density at radius 2 is 2.04 bits per heavy atom. The fourth-order valence-corrected chi connectivity index (χ4v) is 3.12. The second-order valence-electron chi connectivity index (χ2n) is 6.60. The minimum atomic E-state index is -0.215. The van der Waals surface area contributed by atoms with E-state index in [1.807, 2.05) is 54.1 Å². The van der Waals surface area contributed by atoms with E-state index in [0.717, 1.165) is 5.56 Å². The zero-order valence-corrected chi connectivity index (χ0v) is 15.7. The number of methoxy groups -OCH3 is 1. The Morgan fingerprint density at radius 1 is 1.26 bits per heavy atom. The number of ether oxygens (including phenoxy) is 2. The standard InChI is InChI=1S/C20H25N3O4/c1-15-5-7-17(8-6-15)27-14-19(24)21-12-16-13-22-9-3-4-18(22)20(25)23(16)10-11-26-2/h3-9,16H,10-14H2,1-2H3,(H,21,24). The lowest BCUT2D eigenvalue weighted by atomic mass is 10.1. The second kappa shape index (κ2) is 8.73. The number of aryl methyl sites for hydroxylation is 1. The highest BCUT2D eigenvalue weighted by molar-refractivity contribution is 5.93. The predicted octanol–water partition coefficient (Wildman–Crippen LogP) is 1.46. The summed E-state index contributed by atoms with van der Waals surface area (Å²) in [4.78, 5) is 26.6. The maximum atomic E-state index is 12.7. The summed E-state index contributed by atoms with van der Waals surface area (Å²) in [5, 5.41) is 2.87. The minimum Gasteiger partial charge on any atom is -0.484 e. The molecule has 1 N–H and O–H groups in total. The third-order valence-corrected chi connectivity index (χ3v) is 4.62. The lowest BCUT2D eigenvalue weighted by molar-refractivity contribution is -0.123. The first-order valence-electron chi connectivity index (χ1n) is 8.99. The van der Waals surface area contributed by atoms with E-state index in [1.54, 1.807) is 12.0 Å². The summed E-state index contributed by atoms with van der Waals surface area (Å²) in [5.74, 6) is 0.397. The maximum absolute atomic E-state index is 12.7. The van der Waals surface area contributed by atoms with Crippen LogP contribution in [0.3, 0.4) is 0 Å². The smallest absolute Gasteiger partial charge is 0.270 e. The molecule has 3 rings (SSSR count). The Labute approximate surface area is 158 Å². The van der Waals surface area contributed by atoms with Crippen molar-refractivity contribution in [2.24, 2.45) is 0 Å². The van der Waals surface area contributed by atoms with Gasteiger partial charge in [-0.3, -0.25) is 9.59 Å². The van der Waals surface area contributed by atoms with Crippen LogP contribution in [0.2, 0.25) is 0 Å². The quantitative estimate of drug-likeness (QED) is 0.763. The normalized spacial score (nSPS) is 16.1. The van der Waals surface area contributed by atoms with Gasteiger partial charge >= 0.3 is 0 Å². The number of rotatable bonds is 8. The number of fused-ring (bicyclic) bond motifs is 1. The van der Waals surface area contributed by atoms with E-state index in [4.69, 9.17) is 9.47 Å². The molecule has 1 aromatic carbocycles. The zero-order valence-electron chi connectivity index (χ0n) is 15.7. The van der Waals surface area contributed by atoms with Gasteiger partial charge in [-0.25, -0.2) is 0 Å². The number of carbonyl (C=O) groups is 2. The molecule has 0 bridgehead atoms. The van der Waals surface area contributed by atoms with Crippen LogP contribution in [-0.4, -0.2) is 60.7 Å². The van der Waals surface area contributed by atoms with Crippen molar-refractivity contribution in [2.45, 2.75) is 19.5 Å². The highest BCUT2D eigenvalue weighted by atomic mass is 16.5. The highest BCUT2D eigenvalue weighted by Gasteiger charge is 2.31. The molecular weight excluding hydrogens is 346 g/mol. The third kappa shape index (κ3) is 4.68. The molecule has 0 spiro atoms. The molecule has 2 amide bonds. The fraction of sp³-hybridized carbons (Fsp3) is 0.400. The number of nitrogens with one attached hydrogen (secondary N) is 1. The molecular formula is C20H25N3O4. The largest absolute Gasteiger partial charge is 0.484 e. The fourth-order valence-electron chi connectivity index (χ4n) is 3.12. The van der Waals surface area contributed by atoms with Crippen molar-refractivity contribution in [3.05, 3.63) is 53.9 Å². The molecule has 2 aromatic rings. The number of hydrogen-bond donors (Lipinski definition) is 1. The van der Waals surface area contributed by atoms with Gasteiger partial charge in [0, 0.05) is 32.9 Å². The summed E-state index contributed by atoms with van der Waals surface area (Å²) in [7, 11) is 1.61. The monoisotopic (exact) mass is 371 g/mol. The van der Waals surface area contributed by atoms with Crippen LogP contribution in [0.15, 0.2) is 42.6 Å². The van der Waals surface area contributed by atoms with Crippen LogP contribution in [-0.2, 0) is 16.1 Å². The predicted molar refractivity (Wildman–Crippen MR) is 101 cm³/mol. The Bertz CT molecular complexity index is 785. The lowest BCUT2D eigenvalue weighted by Gasteiger charge is -2.36. The van der Waals surface area contributed by atoms with Gasteiger partial charge in [0.1, 0.15) is 11.4 Å². The van der Waals surface area contributed by atoms with Gasteiger partial charge in [-0.1, -0.05) is 17.7 Å². The molecule has 0 saturated carbocycles. The topological polar surface area (TPSA) is 72.8 Å². The SMILES string of the molecule is COCCN1C(=O)c2cccn2CC1CNC(=O)COc1ccc(C)cc1. The molecule has 0 fully saturated rings. The van der Waals surface area contributed by atoms with Crippen LogP contribution in [0.25, 0.3) is 0 Å². The molecule has 1 unspecified atom stereocenters. The van der Waals surface area contributed by atoms with Crippen molar-refractivity contribution in [2.75, 3.05) is 33.4 Å². The van der Waals surface area contributed by atoms with Gasteiger partial charge in [-0.05, 0) is 31.2 Å². The summed E-state index contributed by atoms with van der Waals surface area (Å²) in [6, 6.07) is 11.1. The number of aromatic nitrogens is 1. The lowest BCUT2D eigenvalue weighted by Crippen LogP contribution is -2.54. The first kappa shape index (κ1) is 19.0. The van der Waals surface area contributed by atoms with E-state index in [2.05, 4.69) is 5.32 Å². The molecule has 1 aliphatic heterocycles. The van der Waals surface area contributed by atoms with Gasteiger partial charge < -0.3 is 24.3 Å². The van der Waals surface area contributed by atoms with Crippen LogP contribution in [0, 0.1) is 6.92 Å². The number of nitrogens with zero attached hydrogens (tertiary/aromatic N) is 2. The zero-order chi connectivity index (χ0) is 19.2. The summed E-state index contributed by atoms with van der Waals surface area (Å²) in [6.45, 7) is 3.87. The van der Waals surface area contributed by atoms with Gasteiger partial charge in [0.2, 0.25) is 0 Å². The summed E-state index contributed by atoms with van der Waals surface area (Å²) >= 11 is 0. The van der Waals surface area contributed by atoms with E-state index in [1.165, 1.54) is 0 Å². The van der Waals surface area contributed by atoms with E-state index in [9.17, 15) is 9.59 Å². The Morgan fingerprint density at radius 3 is 2.78 bits per heavy atom. The van der Waals surface area contributed by atoms with Crippen molar-refractivity contribution in [3.8, 4) is 5.75 Å². The Hall–Kier alpha value is -2.80. The van der Waals surface area contributed by atoms with E-state index in [-0.39, 0.29) is 24.5 Å². The van der Waals surface area contributed by atoms with Crippen LogP contribution in [0.4, 0.5) is 0 Å². The molecule has 0 radical (unpaired) electrons. The van der Waals surface area contributed by atoms with Gasteiger partial charge in [-0.15, -0.1) is 0 Å². The molecule has 1 aromatic heterocycles. The van der Waals surface area contributed by atoms with Crippen LogP contribution >= 0.6 is 0 Å². The van der Waals surface area contributed by atoms with Crippen molar-refractivity contribution >= 4 is 11.8 Å². The van der Waals surface area contributed by atoms with Crippen molar-refractivity contribution in [1.82, 2.24) is 14.8 Å². The van der Waals surface area contributed by atoms with Crippen molar-refractivity contribution in [3.63, 3.8) is 0 Å². The molecule has 7 heteroatoms. The highest BCUT2D eigenvalue weighted by Crippen LogP contribution is 2.18. The third-order valence-electron chi connectivity index (χ3n) is 4.62. The molecule has 2 heterocycles. The number of amides is 2.